The number of hydrogen-bond donors (Lipinski definition) is 0. The van der Waals surface area contributed by atoms with E-state index in [1.165, 1.54) is 0 Å². The van der Waals surface area contributed by atoms with Crippen LogP contribution in [0.1, 0.15) is 12.8 Å². The second-order valence-corrected chi connectivity index (χ2v) is 2.90. The first-order chi connectivity index (χ1) is 4.70. The number of likely N-dealkylation sites (tertiary alicyclic amines) is 1. The second kappa shape index (κ2) is 5.67. The zero-order valence-electron chi connectivity index (χ0n) is 7.17. The van der Waals surface area contributed by atoms with Crippen LogP contribution in [-0.2, 0) is 4.79 Å². The molecule has 0 aromatic carbocycles. The molecule has 1 saturated heterocycles. The van der Waals surface area contributed by atoms with Gasteiger partial charge in [0.15, 0.2) is 0 Å². The molecule has 3 nitrogen and oxygen atoms in total. The van der Waals surface area contributed by atoms with E-state index in [1.54, 1.807) is 0 Å². The molecule has 1 fully saturated rings. The van der Waals surface area contributed by atoms with Crippen molar-refractivity contribution in [3.8, 4) is 0 Å². The first kappa shape index (κ1) is 12.1. The van der Waals surface area contributed by atoms with Gasteiger partial charge in [0.1, 0.15) is 0 Å². The van der Waals surface area contributed by atoms with Gasteiger partial charge in [-0.15, -0.1) is 0 Å². The molecule has 1 aliphatic heterocycles. The van der Waals surface area contributed by atoms with E-state index < -0.39 is 5.97 Å². The number of carbonyl (C=O) groups excluding carboxylic acids is 1. The molecule has 0 radical (unpaired) electrons. The van der Waals surface area contributed by atoms with Crippen molar-refractivity contribution in [3.63, 3.8) is 0 Å². The first-order valence-corrected chi connectivity index (χ1v) is 3.59. The van der Waals surface area contributed by atoms with Gasteiger partial charge in [0, 0.05) is 11.9 Å². The maximum atomic E-state index is 10.3. The second-order valence-electron chi connectivity index (χ2n) is 2.90. The van der Waals surface area contributed by atoms with Crippen molar-refractivity contribution in [2.75, 3.05) is 20.1 Å². The molecule has 1 heterocycles. The maximum Gasteiger partial charge on any atom is 1.00 e. The molecule has 0 N–H and O–H groups in total. The van der Waals surface area contributed by atoms with Gasteiger partial charge >= 0.3 is 51.4 Å². The van der Waals surface area contributed by atoms with Crippen LogP contribution in [0.2, 0.25) is 0 Å². The molecule has 1 aliphatic rings. The SMILES string of the molecule is CN1CCC(C(=O)[O-])CC1.[K+]. The average Bonchev–Trinajstić information content (AvgIpc) is 1.88. The van der Waals surface area contributed by atoms with Crippen LogP contribution in [0.3, 0.4) is 0 Å². The molecule has 0 aromatic rings. The van der Waals surface area contributed by atoms with E-state index in [2.05, 4.69) is 4.90 Å². The molecule has 11 heavy (non-hydrogen) atoms. The summed E-state index contributed by atoms with van der Waals surface area (Å²) in [6.07, 6.45) is 1.50. The van der Waals surface area contributed by atoms with Gasteiger partial charge in [-0.05, 0) is 33.0 Å². The number of carboxylic acids is 1. The van der Waals surface area contributed by atoms with Crippen molar-refractivity contribution in [3.05, 3.63) is 0 Å². The zero-order valence-corrected chi connectivity index (χ0v) is 10.3. The fourth-order valence-corrected chi connectivity index (χ4v) is 1.24. The van der Waals surface area contributed by atoms with Crippen molar-refractivity contribution in [1.29, 1.82) is 0 Å². The van der Waals surface area contributed by atoms with Gasteiger partial charge in [-0.3, -0.25) is 0 Å². The van der Waals surface area contributed by atoms with Crippen molar-refractivity contribution in [2.45, 2.75) is 12.8 Å². The minimum absolute atomic E-state index is 0. The number of piperidine rings is 1. The quantitative estimate of drug-likeness (QED) is 0.388. The summed E-state index contributed by atoms with van der Waals surface area (Å²) in [5, 5.41) is 10.3. The number of aliphatic carboxylic acids is 1. The Bertz CT molecular complexity index is 132. The van der Waals surface area contributed by atoms with Crippen LogP contribution in [0.25, 0.3) is 0 Å². The predicted octanol–water partition coefficient (Wildman–Crippen LogP) is -3.92. The topological polar surface area (TPSA) is 43.4 Å². The van der Waals surface area contributed by atoms with Crippen LogP contribution in [0.5, 0.6) is 0 Å². The zero-order chi connectivity index (χ0) is 7.56. The Morgan fingerprint density at radius 2 is 1.91 bits per heavy atom. The monoisotopic (exact) mass is 181 g/mol. The summed E-state index contributed by atoms with van der Waals surface area (Å²) in [4.78, 5) is 12.5. The van der Waals surface area contributed by atoms with Crippen LogP contribution < -0.4 is 56.5 Å². The van der Waals surface area contributed by atoms with Crippen molar-refractivity contribution in [2.24, 2.45) is 5.92 Å². The van der Waals surface area contributed by atoms with Crippen LogP contribution in [0.15, 0.2) is 0 Å². The van der Waals surface area contributed by atoms with Crippen LogP contribution in [0, 0.1) is 5.92 Å². The summed E-state index contributed by atoms with van der Waals surface area (Å²) in [5.74, 6) is -1.08. The van der Waals surface area contributed by atoms with E-state index in [0.717, 1.165) is 25.9 Å². The minimum Gasteiger partial charge on any atom is -0.550 e. The van der Waals surface area contributed by atoms with Gasteiger partial charge < -0.3 is 14.8 Å². The van der Waals surface area contributed by atoms with Crippen LogP contribution in [0.4, 0.5) is 0 Å². The molecule has 0 amide bonds. The fraction of sp³-hybridized carbons (Fsp3) is 0.857. The van der Waals surface area contributed by atoms with E-state index >= 15 is 0 Å². The third-order valence-corrected chi connectivity index (χ3v) is 2.05. The Kier molecular flexibility index (Phi) is 6.22. The number of carbonyl (C=O) groups is 1. The molecular formula is C7H12KNO2. The molecule has 0 saturated carbocycles. The van der Waals surface area contributed by atoms with Crippen molar-refractivity contribution < 1.29 is 61.3 Å². The Labute approximate surface area is 110 Å². The normalized spacial score (nSPS) is 20.8. The van der Waals surface area contributed by atoms with Crippen molar-refractivity contribution >= 4 is 5.97 Å². The third-order valence-electron chi connectivity index (χ3n) is 2.05. The number of nitrogens with zero attached hydrogens (tertiary/aromatic N) is 1. The molecule has 0 atom stereocenters. The molecule has 1 rings (SSSR count). The standard InChI is InChI=1S/C7H13NO2.K/c1-8-4-2-6(3-5-8)7(9)10;/h6H,2-5H2,1H3,(H,9,10);/q;+1/p-1. The van der Waals surface area contributed by atoms with Gasteiger partial charge in [-0.25, -0.2) is 0 Å². The predicted molar refractivity (Wildman–Crippen MR) is 35.2 cm³/mol. The number of hydrogen-bond acceptors (Lipinski definition) is 3. The molecular weight excluding hydrogens is 169 g/mol. The van der Waals surface area contributed by atoms with Crippen LogP contribution in [-0.4, -0.2) is 31.0 Å². The summed E-state index contributed by atoms with van der Waals surface area (Å²) in [6, 6.07) is 0. The third kappa shape index (κ3) is 4.01. The molecule has 0 spiro atoms. The summed E-state index contributed by atoms with van der Waals surface area (Å²) >= 11 is 0. The van der Waals surface area contributed by atoms with E-state index in [9.17, 15) is 9.90 Å². The molecule has 4 heteroatoms. The average molecular weight is 181 g/mol. The van der Waals surface area contributed by atoms with Gasteiger partial charge in [0.25, 0.3) is 0 Å². The molecule has 0 aliphatic carbocycles. The van der Waals surface area contributed by atoms with Gasteiger partial charge in [-0.2, -0.15) is 0 Å². The van der Waals surface area contributed by atoms with Gasteiger partial charge in [0.05, 0.1) is 0 Å². The first-order valence-electron chi connectivity index (χ1n) is 3.59. The number of carboxylic acid groups (broad SMARTS) is 1. The minimum atomic E-state index is -0.881. The Hall–Kier alpha value is 1.07. The fourth-order valence-electron chi connectivity index (χ4n) is 1.24. The Morgan fingerprint density at radius 3 is 2.27 bits per heavy atom. The summed E-state index contributed by atoms with van der Waals surface area (Å²) < 4.78 is 0. The molecule has 0 unspecified atom stereocenters. The summed E-state index contributed by atoms with van der Waals surface area (Å²) in [7, 11) is 2.01. The van der Waals surface area contributed by atoms with Gasteiger partial charge in [-0.1, -0.05) is 0 Å². The van der Waals surface area contributed by atoms with E-state index in [0.29, 0.717) is 0 Å². The smallest absolute Gasteiger partial charge is 0.550 e. The summed E-state index contributed by atoms with van der Waals surface area (Å²) in [6.45, 7) is 1.78. The largest absolute Gasteiger partial charge is 1.00 e. The van der Waals surface area contributed by atoms with Crippen LogP contribution >= 0.6 is 0 Å². The Balaban J connectivity index is 0.000001000. The summed E-state index contributed by atoms with van der Waals surface area (Å²) in [5.41, 5.74) is 0. The van der Waals surface area contributed by atoms with Gasteiger partial charge in [0.2, 0.25) is 0 Å². The molecule has 58 valence electrons. The van der Waals surface area contributed by atoms with Crippen molar-refractivity contribution in [1.82, 2.24) is 4.90 Å². The molecule has 0 bridgehead atoms. The number of rotatable bonds is 1. The van der Waals surface area contributed by atoms with E-state index in [4.69, 9.17) is 0 Å². The Morgan fingerprint density at radius 1 is 1.45 bits per heavy atom. The molecule has 0 aromatic heterocycles. The van der Waals surface area contributed by atoms with E-state index in [-0.39, 0.29) is 57.3 Å². The maximum absolute atomic E-state index is 10.3. The van der Waals surface area contributed by atoms with E-state index in [1.807, 2.05) is 7.05 Å².